The Balaban J connectivity index is 2.21. The van der Waals surface area contributed by atoms with Gasteiger partial charge in [0.25, 0.3) is 10.1 Å². The summed E-state index contributed by atoms with van der Waals surface area (Å²) in [6, 6.07) is 5.19. The van der Waals surface area contributed by atoms with Gasteiger partial charge in [0.2, 0.25) is 11.9 Å². The molecule has 0 bridgehead atoms. The molecule has 1 aromatic heterocycles. The molecule has 118 valence electrons. The van der Waals surface area contributed by atoms with Gasteiger partial charge in [0.05, 0.1) is 4.90 Å². The van der Waals surface area contributed by atoms with E-state index in [2.05, 4.69) is 25.6 Å². The van der Waals surface area contributed by atoms with E-state index in [1.165, 1.54) is 24.3 Å². The van der Waals surface area contributed by atoms with E-state index in [0.717, 1.165) is 0 Å². The summed E-state index contributed by atoms with van der Waals surface area (Å²) in [6.07, 6.45) is -0.949. The van der Waals surface area contributed by atoms with Crippen molar-refractivity contribution < 1.29 is 17.4 Å². The van der Waals surface area contributed by atoms with Gasteiger partial charge in [0.1, 0.15) is 0 Å². The standard InChI is InChI=1S/C12H14FN5O3S/c1-7(2)14-11-16-10(13)17-12(18-11)15-8-3-5-9(6-4-8)22(19,20)21/h3-7H,1-2H3,(H,19,20,21)(H2,14,15,16,17,18). The molecule has 10 heteroatoms. The van der Waals surface area contributed by atoms with Crippen LogP contribution in [0.3, 0.4) is 0 Å². The summed E-state index contributed by atoms with van der Waals surface area (Å²) in [6.45, 7) is 3.70. The molecule has 1 heterocycles. The molecule has 0 saturated heterocycles. The summed E-state index contributed by atoms with van der Waals surface area (Å²) in [5.74, 6) is 0.0508. The molecular weight excluding hydrogens is 313 g/mol. The molecule has 0 fully saturated rings. The molecule has 0 aliphatic heterocycles. The zero-order valence-electron chi connectivity index (χ0n) is 11.8. The zero-order valence-corrected chi connectivity index (χ0v) is 12.6. The molecule has 8 nitrogen and oxygen atoms in total. The van der Waals surface area contributed by atoms with Gasteiger partial charge in [-0.3, -0.25) is 4.55 Å². The Morgan fingerprint density at radius 1 is 1.09 bits per heavy atom. The van der Waals surface area contributed by atoms with Gasteiger partial charge in [-0.1, -0.05) is 0 Å². The number of benzene rings is 1. The smallest absolute Gasteiger partial charge is 0.315 e. The minimum atomic E-state index is -4.26. The number of rotatable bonds is 5. The van der Waals surface area contributed by atoms with Crippen molar-refractivity contribution in [3.8, 4) is 0 Å². The van der Waals surface area contributed by atoms with Crippen LogP contribution in [0.1, 0.15) is 13.8 Å². The molecule has 1 aromatic carbocycles. The van der Waals surface area contributed by atoms with Gasteiger partial charge in [0, 0.05) is 11.7 Å². The van der Waals surface area contributed by atoms with Gasteiger partial charge in [-0.2, -0.15) is 27.8 Å². The summed E-state index contributed by atoms with van der Waals surface area (Å²) in [4.78, 5) is 10.7. The maximum Gasteiger partial charge on any atom is 0.315 e. The van der Waals surface area contributed by atoms with E-state index < -0.39 is 16.2 Å². The summed E-state index contributed by atoms with van der Waals surface area (Å²) in [7, 11) is -4.26. The van der Waals surface area contributed by atoms with Gasteiger partial charge in [-0.05, 0) is 38.1 Å². The van der Waals surface area contributed by atoms with Crippen molar-refractivity contribution in [3.05, 3.63) is 30.3 Å². The minimum Gasteiger partial charge on any atom is -0.352 e. The molecule has 2 rings (SSSR count). The second-order valence-electron chi connectivity index (χ2n) is 4.68. The highest BCUT2D eigenvalue weighted by molar-refractivity contribution is 7.85. The van der Waals surface area contributed by atoms with Crippen molar-refractivity contribution in [1.29, 1.82) is 0 Å². The Hall–Kier alpha value is -2.33. The molecule has 0 atom stereocenters. The first kappa shape index (κ1) is 16.0. The second-order valence-corrected chi connectivity index (χ2v) is 6.10. The number of anilines is 3. The summed E-state index contributed by atoms with van der Waals surface area (Å²) >= 11 is 0. The topological polar surface area (TPSA) is 117 Å². The minimum absolute atomic E-state index is 0.0173. The Kier molecular flexibility index (Phi) is 4.52. The molecule has 0 saturated carbocycles. The normalized spacial score (nSPS) is 11.5. The molecule has 0 radical (unpaired) electrons. The van der Waals surface area contributed by atoms with Crippen molar-refractivity contribution in [3.63, 3.8) is 0 Å². The summed E-state index contributed by atoms with van der Waals surface area (Å²) in [5, 5.41) is 5.56. The number of aromatic nitrogens is 3. The molecule has 2 aromatic rings. The van der Waals surface area contributed by atoms with Crippen LogP contribution in [0.5, 0.6) is 0 Å². The van der Waals surface area contributed by atoms with Crippen LogP contribution in [0, 0.1) is 6.08 Å². The van der Waals surface area contributed by atoms with E-state index in [-0.39, 0.29) is 22.8 Å². The number of nitrogens with one attached hydrogen (secondary N) is 2. The fraction of sp³-hybridized carbons (Fsp3) is 0.250. The van der Waals surface area contributed by atoms with E-state index in [1.807, 2.05) is 13.8 Å². The number of hydrogen-bond donors (Lipinski definition) is 3. The van der Waals surface area contributed by atoms with E-state index in [9.17, 15) is 12.8 Å². The van der Waals surface area contributed by atoms with Crippen molar-refractivity contribution in [1.82, 2.24) is 15.0 Å². The van der Waals surface area contributed by atoms with Crippen LogP contribution in [-0.2, 0) is 10.1 Å². The number of halogens is 1. The van der Waals surface area contributed by atoms with Crippen LogP contribution in [0.2, 0.25) is 0 Å². The number of nitrogens with zero attached hydrogens (tertiary/aromatic N) is 3. The van der Waals surface area contributed by atoms with E-state index in [1.54, 1.807) is 0 Å². The van der Waals surface area contributed by atoms with Crippen LogP contribution in [-0.4, -0.2) is 34.0 Å². The summed E-state index contributed by atoms with van der Waals surface area (Å²) < 4.78 is 44.1. The average Bonchev–Trinajstić information content (AvgIpc) is 2.36. The van der Waals surface area contributed by atoms with Crippen LogP contribution >= 0.6 is 0 Å². The lowest BCUT2D eigenvalue weighted by Gasteiger charge is -2.10. The largest absolute Gasteiger partial charge is 0.352 e. The SMILES string of the molecule is CC(C)Nc1nc(F)nc(Nc2ccc(S(=O)(=O)O)cc2)n1. The first-order valence-corrected chi connectivity index (χ1v) is 7.71. The molecule has 0 aliphatic rings. The fourth-order valence-corrected chi connectivity index (χ4v) is 2.05. The van der Waals surface area contributed by atoms with Crippen molar-refractivity contribution in [2.24, 2.45) is 0 Å². The van der Waals surface area contributed by atoms with Crippen LogP contribution in [0.15, 0.2) is 29.2 Å². The van der Waals surface area contributed by atoms with E-state index in [0.29, 0.717) is 5.69 Å². The molecule has 22 heavy (non-hydrogen) atoms. The average molecular weight is 327 g/mol. The lowest BCUT2D eigenvalue weighted by atomic mass is 10.3. The lowest BCUT2D eigenvalue weighted by molar-refractivity contribution is 0.483. The Morgan fingerprint density at radius 2 is 1.68 bits per heavy atom. The van der Waals surface area contributed by atoms with E-state index >= 15 is 0 Å². The maximum atomic E-state index is 13.3. The predicted octanol–water partition coefficient (Wildman–Crippen LogP) is 1.82. The van der Waals surface area contributed by atoms with Crippen LogP contribution in [0.4, 0.5) is 22.0 Å². The Labute approximate surface area is 126 Å². The van der Waals surface area contributed by atoms with Gasteiger partial charge in [0.15, 0.2) is 0 Å². The quantitative estimate of drug-likeness (QED) is 0.712. The van der Waals surface area contributed by atoms with Gasteiger partial charge in [-0.25, -0.2) is 0 Å². The Bertz CT molecular complexity index is 765. The number of hydrogen-bond acceptors (Lipinski definition) is 7. The van der Waals surface area contributed by atoms with Gasteiger partial charge in [-0.15, -0.1) is 0 Å². The zero-order chi connectivity index (χ0) is 16.3. The maximum absolute atomic E-state index is 13.3. The molecule has 0 unspecified atom stereocenters. The van der Waals surface area contributed by atoms with Crippen LogP contribution < -0.4 is 10.6 Å². The highest BCUT2D eigenvalue weighted by Crippen LogP contribution is 2.17. The monoisotopic (exact) mass is 327 g/mol. The third-order valence-corrected chi connectivity index (χ3v) is 3.30. The van der Waals surface area contributed by atoms with Crippen molar-refractivity contribution in [2.75, 3.05) is 10.6 Å². The predicted molar refractivity (Wildman–Crippen MR) is 78.1 cm³/mol. The first-order chi connectivity index (χ1) is 10.2. The Morgan fingerprint density at radius 3 is 2.23 bits per heavy atom. The van der Waals surface area contributed by atoms with Crippen molar-refractivity contribution >= 4 is 27.7 Å². The second kappa shape index (κ2) is 6.20. The van der Waals surface area contributed by atoms with Crippen molar-refractivity contribution in [2.45, 2.75) is 24.8 Å². The molecule has 3 N–H and O–H groups in total. The molecule has 0 spiro atoms. The highest BCUT2D eigenvalue weighted by atomic mass is 32.2. The van der Waals surface area contributed by atoms with Crippen LogP contribution in [0.25, 0.3) is 0 Å². The van der Waals surface area contributed by atoms with E-state index in [4.69, 9.17) is 4.55 Å². The fourth-order valence-electron chi connectivity index (χ4n) is 1.57. The molecule has 0 amide bonds. The van der Waals surface area contributed by atoms with Gasteiger partial charge < -0.3 is 10.6 Å². The first-order valence-electron chi connectivity index (χ1n) is 6.27. The molecule has 0 aliphatic carbocycles. The third kappa shape index (κ3) is 4.33. The lowest BCUT2D eigenvalue weighted by Crippen LogP contribution is -2.14. The van der Waals surface area contributed by atoms with Gasteiger partial charge >= 0.3 is 6.08 Å². The summed E-state index contributed by atoms with van der Waals surface area (Å²) in [5.41, 5.74) is 0.425. The third-order valence-electron chi connectivity index (χ3n) is 2.43. The highest BCUT2D eigenvalue weighted by Gasteiger charge is 2.10. The molecular formula is C12H14FN5O3S.